The van der Waals surface area contributed by atoms with Gasteiger partial charge in [0.25, 0.3) is 0 Å². The molecule has 1 unspecified atom stereocenters. The van der Waals surface area contributed by atoms with Crippen LogP contribution in [0.3, 0.4) is 0 Å². The molecule has 1 aromatic rings. The summed E-state index contributed by atoms with van der Waals surface area (Å²) in [7, 11) is 0. The highest BCUT2D eigenvalue weighted by atomic mass is 32.1. The lowest BCUT2D eigenvalue weighted by Gasteiger charge is -2.07. The van der Waals surface area contributed by atoms with Crippen LogP contribution in [0.1, 0.15) is 4.88 Å². The SMILES string of the molecule is OCC(O)NCc1cccs1. The Balaban J connectivity index is 2.23. The number of nitrogens with one attached hydrogen (secondary N) is 1. The molecular formula is C7H11NO2S. The molecule has 1 atom stereocenters. The molecule has 1 rings (SSSR count). The molecule has 0 radical (unpaired) electrons. The van der Waals surface area contributed by atoms with Gasteiger partial charge in [0.05, 0.1) is 6.61 Å². The Bertz CT molecular complexity index is 188. The molecule has 3 N–H and O–H groups in total. The number of hydrogen-bond donors (Lipinski definition) is 3. The third-order valence-electron chi connectivity index (χ3n) is 1.26. The quantitative estimate of drug-likeness (QED) is 0.568. The van der Waals surface area contributed by atoms with Crippen LogP contribution >= 0.6 is 11.3 Å². The zero-order valence-electron chi connectivity index (χ0n) is 6.03. The first-order valence-electron chi connectivity index (χ1n) is 3.37. The van der Waals surface area contributed by atoms with E-state index in [2.05, 4.69) is 5.32 Å². The Morgan fingerprint density at radius 1 is 1.64 bits per heavy atom. The van der Waals surface area contributed by atoms with Gasteiger partial charge in [0, 0.05) is 11.4 Å². The highest BCUT2D eigenvalue weighted by Crippen LogP contribution is 2.07. The number of aliphatic hydroxyl groups is 2. The van der Waals surface area contributed by atoms with Crippen molar-refractivity contribution in [3.05, 3.63) is 22.4 Å². The summed E-state index contributed by atoms with van der Waals surface area (Å²) in [5.41, 5.74) is 0. The Morgan fingerprint density at radius 3 is 3.00 bits per heavy atom. The first kappa shape index (κ1) is 8.67. The average molecular weight is 173 g/mol. The van der Waals surface area contributed by atoms with Crippen LogP contribution in [0.5, 0.6) is 0 Å². The second kappa shape index (κ2) is 4.46. The Labute approximate surface area is 69.3 Å². The normalized spacial score (nSPS) is 13.3. The smallest absolute Gasteiger partial charge is 0.128 e. The molecule has 0 bridgehead atoms. The molecule has 0 amide bonds. The Kier molecular flexibility index (Phi) is 3.51. The topological polar surface area (TPSA) is 52.5 Å². The summed E-state index contributed by atoms with van der Waals surface area (Å²) in [4.78, 5) is 1.15. The van der Waals surface area contributed by atoms with E-state index in [9.17, 15) is 0 Å². The third kappa shape index (κ3) is 2.98. The summed E-state index contributed by atoms with van der Waals surface area (Å²) in [6.07, 6.45) is -0.808. The largest absolute Gasteiger partial charge is 0.392 e. The van der Waals surface area contributed by atoms with E-state index in [1.807, 2.05) is 17.5 Å². The minimum absolute atomic E-state index is 0.245. The van der Waals surface area contributed by atoms with Gasteiger partial charge >= 0.3 is 0 Å². The van der Waals surface area contributed by atoms with Crippen molar-refractivity contribution in [2.24, 2.45) is 0 Å². The van der Waals surface area contributed by atoms with Crippen LogP contribution in [0.25, 0.3) is 0 Å². The Morgan fingerprint density at radius 2 is 2.45 bits per heavy atom. The van der Waals surface area contributed by atoms with E-state index in [0.717, 1.165) is 4.88 Å². The molecule has 0 aromatic carbocycles. The van der Waals surface area contributed by atoms with Crippen molar-refractivity contribution in [1.82, 2.24) is 5.32 Å². The molecule has 0 fully saturated rings. The summed E-state index contributed by atoms with van der Waals surface area (Å²) in [6, 6.07) is 3.93. The second-order valence-corrected chi connectivity index (χ2v) is 3.19. The lowest BCUT2D eigenvalue weighted by Crippen LogP contribution is -2.30. The van der Waals surface area contributed by atoms with Crippen molar-refractivity contribution >= 4 is 11.3 Å². The van der Waals surface area contributed by atoms with Crippen LogP contribution in [0.2, 0.25) is 0 Å². The van der Waals surface area contributed by atoms with Crippen LogP contribution in [0.4, 0.5) is 0 Å². The highest BCUT2D eigenvalue weighted by Gasteiger charge is 1.99. The molecule has 11 heavy (non-hydrogen) atoms. The molecule has 62 valence electrons. The molecule has 4 heteroatoms. The van der Waals surface area contributed by atoms with E-state index in [4.69, 9.17) is 10.2 Å². The minimum atomic E-state index is -0.808. The van der Waals surface area contributed by atoms with Crippen molar-refractivity contribution in [3.8, 4) is 0 Å². The molecule has 0 aliphatic rings. The van der Waals surface area contributed by atoms with Crippen molar-refractivity contribution < 1.29 is 10.2 Å². The van der Waals surface area contributed by atoms with Gasteiger partial charge in [0.1, 0.15) is 6.23 Å². The minimum Gasteiger partial charge on any atom is -0.392 e. The monoisotopic (exact) mass is 173 g/mol. The third-order valence-corrected chi connectivity index (χ3v) is 2.14. The Hall–Kier alpha value is -0.420. The zero-order valence-corrected chi connectivity index (χ0v) is 6.84. The highest BCUT2D eigenvalue weighted by molar-refractivity contribution is 7.09. The predicted octanol–water partition coefficient (Wildman–Crippen LogP) is 0.148. The van der Waals surface area contributed by atoms with E-state index in [1.165, 1.54) is 0 Å². The summed E-state index contributed by atoms with van der Waals surface area (Å²) >= 11 is 1.62. The summed E-state index contributed by atoms with van der Waals surface area (Å²) in [6.45, 7) is 0.366. The van der Waals surface area contributed by atoms with Crippen LogP contribution in [0, 0.1) is 0 Å². The van der Waals surface area contributed by atoms with Crippen LogP contribution < -0.4 is 5.32 Å². The van der Waals surface area contributed by atoms with Gasteiger partial charge in [-0.1, -0.05) is 6.07 Å². The molecule has 1 aromatic heterocycles. The van der Waals surface area contributed by atoms with Gasteiger partial charge < -0.3 is 10.2 Å². The van der Waals surface area contributed by atoms with E-state index in [-0.39, 0.29) is 6.61 Å². The zero-order chi connectivity index (χ0) is 8.10. The molecule has 3 nitrogen and oxygen atoms in total. The lowest BCUT2D eigenvalue weighted by molar-refractivity contribution is 0.0668. The van der Waals surface area contributed by atoms with Crippen LogP contribution in [-0.2, 0) is 6.54 Å². The van der Waals surface area contributed by atoms with E-state index >= 15 is 0 Å². The average Bonchev–Trinajstić information content (AvgIpc) is 2.52. The van der Waals surface area contributed by atoms with Gasteiger partial charge in [-0.25, -0.2) is 0 Å². The van der Waals surface area contributed by atoms with Gasteiger partial charge in [-0.2, -0.15) is 0 Å². The maximum Gasteiger partial charge on any atom is 0.128 e. The van der Waals surface area contributed by atoms with Crippen LogP contribution in [-0.4, -0.2) is 23.0 Å². The lowest BCUT2D eigenvalue weighted by atomic mass is 10.4. The fourth-order valence-corrected chi connectivity index (χ4v) is 1.35. The molecule has 0 aliphatic carbocycles. The van der Waals surface area contributed by atoms with Gasteiger partial charge in [0.15, 0.2) is 0 Å². The van der Waals surface area contributed by atoms with Crippen molar-refractivity contribution in [2.45, 2.75) is 12.8 Å². The maximum atomic E-state index is 8.90. The second-order valence-electron chi connectivity index (χ2n) is 2.16. The fourth-order valence-electron chi connectivity index (χ4n) is 0.696. The predicted molar refractivity (Wildman–Crippen MR) is 44.3 cm³/mol. The van der Waals surface area contributed by atoms with E-state index in [0.29, 0.717) is 6.54 Å². The fraction of sp³-hybridized carbons (Fsp3) is 0.429. The molecule has 0 aliphatic heterocycles. The van der Waals surface area contributed by atoms with Gasteiger partial charge in [0.2, 0.25) is 0 Å². The van der Waals surface area contributed by atoms with Crippen molar-refractivity contribution in [3.63, 3.8) is 0 Å². The first-order valence-corrected chi connectivity index (χ1v) is 4.25. The van der Waals surface area contributed by atoms with Crippen molar-refractivity contribution in [1.29, 1.82) is 0 Å². The summed E-state index contributed by atoms with van der Waals surface area (Å²) in [5.74, 6) is 0. The number of thiophene rings is 1. The molecular weight excluding hydrogens is 162 g/mol. The molecule has 0 saturated carbocycles. The van der Waals surface area contributed by atoms with Gasteiger partial charge in [-0.05, 0) is 11.4 Å². The maximum absolute atomic E-state index is 8.90. The van der Waals surface area contributed by atoms with E-state index in [1.54, 1.807) is 11.3 Å². The number of rotatable bonds is 4. The molecule has 1 heterocycles. The van der Waals surface area contributed by atoms with E-state index < -0.39 is 6.23 Å². The number of hydrogen-bond acceptors (Lipinski definition) is 4. The van der Waals surface area contributed by atoms with Gasteiger partial charge in [-0.3, -0.25) is 5.32 Å². The van der Waals surface area contributed by atoms with Crippen LogP contribution in [0.15, 0.2) is 17.5 Å². The molecule has 0 spiro atoms. The summed E-state index contributed by atoms with van der Waals surface area (Å²) < 4.78 is 0. The standard InChI is InChI=1S/C7H11NO2S/c9-5-7(10)8-4-6-2-1-3-11-6/h1-3,7-10H,4-5H2. The number of aliphatic hydroxyl groups excluding tert-OH is 2. The first-order chi connectivity index (χ1) is 5.33. The summed E-state index contributed by atoms with van der Waals surface area (Å²) in [5, 5.41) is 22.1. The van der Waals surface area contributed by atoms with Gasteiger partial charge in [-0.15, -0.1) is 11.3 Å². The molecule has 0 saturated heterocycles. The van der Waals surface area contributed by atoms with Crippen molar-refractivity contribution in [2.75, 3.05) is 6.61 Å².